The van der Waals surface area contributed by atoms with E-state index in [1.165, 1.54) is 6.21 Å². The van der Waals surface area contributed by atoms with Gasteiger partial charge in [-0.15, -0.1) is 0 Å². The fourth-order valence-corrected chi connectivity index (χ4v) is 4.51. The molecule has 0 fully saturated rings. The van der Waals surface area contributed by atoms with Gasteiger partial charge in [-0.1, -0.05) is 46.3 Å². The molecule has 0 radical (unpaired) electrons. The number of benzene rings is 3. The number of hydrogen-bond acceptors (Lipinski definition) is 5. The number of carbonyl (C=O) groups is 2. The van der Waals surface area contributed by atoms with Crippen LogP contribution in [0.25, 0.3) is 6.08 Å². The quantitative estimate of drug-likeness (QED) is 0.212. The van der Waals surface area contributed by atoms with Gasteiger partial charge in [-0.3, -0.25) is 9.59 Å². The number of anilines is 1. The maximum atomic E-state index is 13.0. The van der Waals surface area contributed by atoms with Gasteiger partial charge in [0.2, 0.25) is 0 Å². The maximum absolute atomic E-state index is 13.0. The van der Waals surface area contributed by atoms with E-state index in [0.29, 0.717) is 16.9 Å². The summed E-state index contributed by atoms with van der Waals surface area (Å²) in [6.07, 6.45) is 3.07. The van der Waals surface area contributed by atoms with Crippen LogP contribution in [0, 0.1) is 0 Å². The van der Waals surface area contributed by atoms with E-state index in [9.17, 15) is 9.59 Å². The number of ether oxygens (including phenoxy) is 1. The third kappa shape index (κ3) is 7.27. The summed E-state index contributed by atoms with van der Waals surface area (Å²) in [5.74, 6) is -0.408. The number of methoxy groups -OCH3 is 1. The summed E-state index contributed by atoms with van der Waals surface area (Å²) in [5, 5.41) is 6.76. The molecule has 0 aromatic heterocycles. The predicted octanol–water partition coefficient (Wildman–Crippen LogP) is 5.21. The number of hydrazone groups is 1. The Bertz CT molecular complexity index is 1260. The molecule has 180 valence electrons. The number of amides is 2. The van der Waals surface area contributed by atoms with Gasteiger partial charge in [0.15, 0.2) is 0 Å². The van der Waals surface area contributed by atoms with Crippen LogP contribution in [0.5, 0.6) is 5.75 Å². The minimum Gasteiger partial charge on any atom is -0.495 e. The van der Waals surface area contributed by atoms with Gasteiger partial charge in [0.1, 0.15) is 11.4 Å². The van der Waals surface area contributed by atoms with Gasteiger partial charge in [-0.2, -0.15) is 5.10 Å². The van der Waals surface area contributed by atoms with Crippen LogP contribution >= 0.6 is 31.9 Å². The lowest BCUT2D eigenvalue weighted by molar-refractivity contribution is -0.117. The Hall–Kier alpha value is -3.43. The summed E-state index contributed by atoms with van der Waals surface area (Å²) < 4.78 is 6.95. The van der Waals surface area contributed by atoms with Crippen molar-refractivity contribution in [3.63, 3.8) is 0 Å². The summed E-state index contributed by atoms with van der Waals surface area (Å²) in [6, 6.07) is 19.9. The minimum absolute atomic E-state index is 0.0518. The van der Waals surface area contributed by atoms with E-state index < -0.39 is 11.8 Å². The van der Waals surface area contributed by atoms with E-state index in [1.807, 2.05) is 55.4 Å². The van der Waals surface area contributed by atoms with Gasteiger partial charge in [0.25, 0.3) is 11.8 Å². The number of hydrogen-bond donors (Lipinski definition) is 2. The van der Waals surface area contributed by atoms with Crippen LogP contribution in [0.2, 0.25) is 0 Å². The molecule has 0 heterocycles. The molecule has 0 unspecified atom stereocenters. The molecule has 7 nitrogen and oxygen atoms in total. The van der Waals surface area contributed by atoms with Gasteiger partial charge in [-0.25, -0.2) is 5.43 Å². The van der Waals surface area contributed by atoms with Crippen LogP contribution in [0.4, 0.5) is 5.69 Å². The minimum atomic E-state index is -0.574. The molecule has 0 aliphatic heterocycles. The van der Waals surface area contributed by atoms with E-state index in [4.69, 9.17) is 4.74 Å². The van der Waals surface area contributed by atoms with Gasteiger partial charge in [0, 0.05) is 35.4 Å². The van der Waals surface area contributed by atoms with Crippen molar-refractivity contribution in [3.8, 4) is 5.75 Å². The third-order valence-corrected chi connectivity index (χ3v) is 5.91. The molecule has 2 N–H and O–H groups in total. The predicted molar refractivity (Wildman–Crippen MR) is 147 cm³/mol. The highest BCUT2D eigenvalue weighted by atomic mass is 79.9. The molecular weight excluding hydrogens is 576 g/mol. The van der Waals surface area contributed by atoms with Crippen molar-refractivity contribution in [2.45, 2.75) is 0 Å². The number of carbonyl (C=O) groups excluding carboxylic acids is 2. The largest absolute Gasteiger partial charge is 0.495 e. The molecule has 0 saturated heterocycles. The van der Waals surface area contributed by atoms with Crippen LogP contribution in [0.3, 0.4) is 0 Å². The molecule has 0 aliphatic rings. The average molecular weight is 600 g/mol. The van der Waals surface area contributed by atoms with Crippen LogP contribution in [0.1, 0.15) is 21.5 Å². The lowest BCUT2D eigenvalue weighted by Gasteiger charge is -2.13. The molecule has 0 bridgehead atoms. The normalized spacial score (nSPS) is 11.3. The molecule has 0 spiro atoms. The summed E-state index contributed by atoms with van der Waals surface area (Å²) >= 11 is 6.87. The lowest BCUT2D eigenvalue weighted by atomic mass is 10.1. The second kappa shape index (κ2) is 12.3. The van der Waals surface area contributed by atoms with Crippen LogP contribution in [-0.2, 0) is 4.79 Å². The second-order valence-corrected chi connectivity index (χ2v) is 9.34. The highest BCUT2D eigenvalue weighted by Crippen LogP contribution is 2.31. The monoisotopic (exact) mass is 598 g/mol. The number of halogens is 2. The van der Waals surface area contributed by atoms with E-state index in [1.54, 1.807) is 43.5 Å². The molecule has 35 heavy (non-hydrogen) atoms. The van der Waals surface area contributed by atoms with E-state index in [2.05, 4.69) is 47.7 Å². The third-order valence-electron chi connectivity index (χ3n) is 4.86. The van der Waals surface area contributed by atoms with Crippen molar-refractivity contribution in [2.24, 2.45) is 5.10 Å². The van der Waals surface area contributed by atoms with Gasteiger partial charge >= 0.3 is 0 Å². The molecule has 3 aromatic carbocycles. The molecular formula is C26H24Br2N4O3. The zero-order chi connectivity index (χ0) is 25.4. The average Bonchev–Trinajstić information content (AvgIpc) is 2.84. The van der Waals surface area contributed by atoms with Crippen LogP contribution in [0.15, 0.2) is 86.5 Å². The SMILES string of the molecule is COc1c(Br)cc(Br)cc1/C=N\NC(=O)/C(=C/c1ccc(N(C)C)cc1)NC(=O)c1ccccc1. The van der Waals surface area contributed by atoms with E-state index >= 15 is 0 Å². The Balaban J connectivity index is 1.86. The summed E-state index contributed by atoms with van der Waals surface area (Å²) in [7, 11) is 5.44. The van der Waals surface area contributed by atoms with Crippen molar-refractivity contribution in [1.29, 1.82) is 0 Å². The Morgan fingerprint density at radius 2 is 1.69 bits per heavy atom. The molecule has 0 aliphatic carbocycles. The molecule has 2 amide bonds. The molecule has 3 rings (SSSR count). The summed E-state index contributed by atoms with van der Waals surface area (Å²) in [4.78, 5) is 27.7. The van der Waals surface area contributed by atoms with Gasteiger partial charge < -0.3 is 15.0 Å². The zero-order valence-electron chi connectivity index (χ0n) is 19.4. The Kier molecular flexibility index (Phi) is 9.22. The highest BCUT2D eigenvalue weighted by molar-refractivity contribution is 9.11. The van der Waals surface area contributed by atoms with Crippen molar-refractivity contribution >= 4 is 61.7 Å². The summed E-state index contributed by atoms with van der Waals surface area (Å²) in [6.45, 7) is 0. The van der Waals surface area contributed by atoms with E-state index in [0.717, 1.165) is 20.2 Å². The van der Waals surface area contributed by atoms with Crippen molar-refractivity contribution < 1.29 is 14.3 Å². The Morgan fingerprint density at radius 1 is 1.00 bits per heavy atom. The first kappa shape index (κ1) is 26.2. The standard InChI is InChI=1S/C26H24Br2N4O3/c1-32(2)21-11-9-17(10-12-21)13-23(30-25(33)18-7-5-4-6-8-18)26(34)31-29-16-19-14-20(27)15-22(28)24(19)35-3/h4-16H,1-3H3,(H,30,33)(H,31,34)/b23-13-,29-16-. The van der Waals surface area contributed by atoms with Gasteiger partial charge in [0.05, 0.1) is 17.8 Å². The second-order valence-electron chi connectivity index (χ2n) is 7.57. The van der Waals surface area contributed by atoms with E-state index in [-0.39, 0.29) is 5.70 Å². The first-order valence-corrected chi connectivity index (χ1v) is 12.1. The summed E-state index contributed by atoms with van der Waals surface area (Å²) in [5.41, 5.74) is 5.37. The van der Waals surface area contributed by atoms with Crippen molar-refractivity contribution in [1.82, 2.24) is 10.7 Å². The van der Waals surface area contributed by atoms with Crippen molar-refractivity contribution in [3.05, 3.63) is 98.1 Å². The number of nitrogens with one attached hydrogen (secondary N) is 2. The Morgan fingerprint density at radius 3 is 2.31 bits per heavy atom. The van der Waals surface area contributed by atoms with Crippen LogP contribution < -0.4 is 20.4 Å². The number of nitrogens with zero attached hydrogens (tertiary/aromatic N) is 2. The van der Waals surface area contributed by atoms with Crippen molar-refractivity contribution in [2.75, 3.05) is 26.1 Å². The maximum Gasteiger partial charge on any atom is 0.287 e. The molecule has 0 atom stereocenters. The molecule has 3 aromatic rings. The molecule has 0 saturated carbocycles. The highest BCUT2D eigenvalue weighted by Gasteiger charge is 2.15. The topological polar surface area (TPSA) is 83.0 Å². The fourth-order valence-electron chi connectivity index (χ4n) is 3.09. The zero-order valence-corrected chi connectivity index (χ0v) is 22.6. The smallest absolute Gasteiger partial charge is 0.287 e. The number of rotatable bonds is 8. The van der Waals surface area contributed by atoms with Crippen LogP contribution in [-0.4, -0.2) is 39.2 Å². The first-order valence-electron chi connectivity index (χ1n) is 10.5. The lowest BCUT2D eigenvalue weighted by Crippen LogP contribution is -2.32. The fraction of sp³-hybridized carbons (Fsp3) is 0.115. The Labute approximate surface area is 221 Å². The first-order chi connectivity index (χ1) is 16.8. The van der Waals surface area contributed by atoms with Gasteiger partial charge in [-0.05, 0) is 64.0 Å². The molecule has 9 heteroatoms.